The Morgan fingerprint density at radius 3 is 2.65 bits per heavy atom. The molecule has 1 N–H and O–H groups in total. The first kappa shape index (κ1) is 13.3. The van der Waals surface area contributed by atoms with Crippen molar-refractivity contribution in [2.24, 2.45) is 5.41 Å². The van der Waals surface area contributed by atoms with Crippen molar-refractivity contribution in [1.82, 2.24) is 10.2 Å². The van der Waals surface area contributed by atoms with Gasteiger partial charge in [-0.2, -0.15) is 0 Å². The summed E-state index contributed by atoms with van der Waals surface area (Å²) in [6, 6.07) is 0.825. The quantitative estimate of drug-likeness (QED) is 0.794. The lowest BCUT2D eigenvalue weighted by molar-refractivity contribution is -0.0270. The first-order valence-electron chi connectivity index (χ1n) is 7.18. The van der Waals surface area contributed by atoms with Crippen molar-refractivity contribution in [2.75, 3.05) is 40.4 Å². The van der Waals surface area contributed by atoms with Crippen molar-refractivity contribution in [1.29, 1.82) is 0 Å². The van der Waals surface area contributed by atoms with E-state index in [2.05, 4.69) is 24.3 Å². The fourth-order valence-corrected chi connectivity index (χ4v) is 3.61. The number of ether oxygens (including phenoxy) is 1. The second-order valence-electron chi connectivity index (χ2n) is 6.04. The highest BCUT2D eigenvalue weighted by molar-refractivity contribution is 4.88. The minimum absolute atomic E-state index is 0.352. The first-order valence-corrected chi connectivity index (χ1v) is 7.18. The maximum Gasteiger partial charge on any atom is 0.0546 e. The molecule has 1 saturated heterocycles. The summed E-state index contributed by atoms with van der Waals surface area (Å²) >= 11 is 0. The van der Waals surface area contributed by atoms with E-state index in [0.717, 1.165) is 25.8 Å². The van der Waals surface area contributed by atoms with Crippen LogP contribution in [0, 0.1) is 5.41 Å². The topological polar surface area (TPSA) is 24.5 Å². The summed E-state index contributed by atoms with van der Waals surface area (Å²) in [5, 5.41) is 3.37. The van der Waals surface area contributed by atoms with Gasteiger partial charge in [0.15, 0.2) is 0 Å². The van der Waals surface area contributed by atoms with Gasteiger partial charge in [0.25, 0.3) is 0 Å². The van der Waals surface area contributed by atoms with Crippen LogP contribution in [0.3, 0.4) is 0 Å². The lowest BCUT2D eigenvalue weighted by atomic mass is 9.81. The molecule has 1 atom stereocenters. The third kappa shape index (κ3) is 3.43. The van der Waals surface area contributed by atoms with E-state index in [1.54, 1.807) is 0 Å². The lowest BCUT2D eigenvalue weighted by Gasteiger charge is -2.41. The largest absolute Gasteiger partial charge is 0.381 e. The fourth-order valence-electron chi connectivity index (χ4n) is 3.61. The van der Waals surface area contributed by atoms with E-state index in [0.29, 0.717) is 5.41 Å². The first-order chi connectivity index (χ1) is 8.26. The molecule has 2 fully saturated rings. The maximum atomic E-state index is 5.73. The molecule has 2 aliphatic rings. The van der Waals surface area contributed by atoms with Gasteiger partial charge in [0.1, 0.15) is 0 Å². The summed E-state index contributed by atoms with van der Waals surface area (Å²) in [4.78, 5) is 2.60. The Morgan fingerprint density at radius 1 is 1.29 bits per heavy atom. The van der Waals surface area contributed by atoms with E-state index in [1.165, 1.54) is 45.1 Å². The smallest absolute Gasteiger partial charge is 0.0546 e. The third-order valence-electron chi connectivity index (χ3n) is 4.49. The highest BCUT2D eigenvalue weighted by Crippen LogP contribution is 2.31. The highest BCUT2D eigenvalue weighted by Gasteiger charge is 2.35. The predicted molar refractivity (Wildman–Crippen MR) is 71.3 cm³/mol. The Balaban J connectivity index is 1.91. The van der Waals surface area contributed by atoms with Crippen molar-refractivity contribution in [3.63, 3.8) is 0 Å². The summed E-state index contributed by atoms with van der Waals surface area (Å²) in [7, 11) is 4.37. The molecule has 0 aromatic rings. The number of rotatable bonds is 5. The van der Waals surface area contributed by atoms with Crippen molar-refractivity contribution >= 4 is 0 Å². The Morgan fingerprint density at radius 2 is 2.06 bits per heavy atom. The van der Waals surface area contributed by atoms with Crippen molar-refractivity contribution in [3.8, 4) is 0 Å². The molecule has 0 aromatic heterocycles. The van der Waals surface area contributed by atoms with Crippen LogP contribution in [-0.2, 0) is 4.74 Å². The summed E-state index contributed by atoms with van der Waals surface area (Å²) in [6.45, 7) is 4.17. The molecule has 1 aliphatic heterocycles. The molecular weight excluding hydrogens is 212 g/mol. The molecule has 1 unspecified atom stereocenters. The van der Waals surface area contributed by atoms with Gasteiger partial charge in [-0.3, -0.25) is 0 Å². The average molecular weight is 240 g/mol. The summed E-state index contributed by atoms with van der Waals surface area (Å²) in [6.07, 6.45) is 8.17. The molecule has 1 heterocycles. The van der Waals surface area contributed by atoms with Crippen LogP contribution >= 0.6 is 0 Å². The molecule has 17 heavy (non-hydrogen) atoms. The Bertz CT molecular complexity index is 215. The maximum absolute atomic E-state index is 5.73. The van der Waals surface area contributed by atoms with Crippen molar-refractivity contribution in [3.05, 3.63) is 0 Å². The van der Waals surface area contributed by atoms with Crippen LogP contribution in [0.2, 0.25) is 0 Å². The molecule has 0 spiro atoms. The highest BCUT2D eigenvalue weighted by atomic mass is 16.5. The van der Waals surface area contributed by atoms with Gasteiger partial charge in [0, 0.05) is 31.2 Å². The minimum atomic E-state index is 0.352. The van der Waals surface area contributed by atoms with Crippen LogP contribution in [0.15, 0.2) is 0 Å². The fraction of sp³-hybridized carbons (Fsp3) is 1.00. The molecule has 0 bridgehead atoms. The van der Waals surface area contributed by atoms with E-state index in [-0.39, 0.29) is 0 Å². The van der Waals surface area contributed by atoms with Gasteiger partial charge in [-0.05, 0) is 39.8 Å². The number of nitrogens with zero attached hydrogens (tertiary/aromatic N) is 1. The minimum Gasteiger partial charge on any atom is -0.381 e. The third-order valence-corrected chi connectivity index (χ3v) is 4.49. The summed E-state index contributed by atoms with van der Waals surface area (Å²) in [5.41, 5.74) is 0.352. The van der Waals surface area contributed by atoms with Crippen LogP contribution < -0.4 is 5.32 Å². The Hall–Kier alpha value is -0.120. The van der Waals surface area contributed by atoms with Crippen LogP contribution in [0.4, 0.5) is 0 Å². The van der Waals surface area contributed by atoms with Gasteiger partial charge < -0.3 is 15.0 Å². The zero-order chi connectivity index (χ0) is 12.1. The molecule has 0 radical (unpaired) electrons. The summed E-state index contributed by atoms with van der Waals surface area (Å²) in [5.74, 6) is 0. The van der Waals surface area contributed by atoms with Crippen LogP contribution in [-0.4, -0.2) is 51.3 Å². The van der Waals surface area contributed by atoms with Gasteiger partial charge in [0.05, 0.1) is 6.61 Å². The van der Waals surface area contributed by atoms with Gasteiger partial charge >= 0.3 is 0 Å². The molecule has 3 heteroatoms. The van der Waals surface area contributed by atoms with Gasteiger partial charge in [-0.1, -0.05) is 12.8 Å². The van der Waals surface area contributed by atoms with Gasteiger partial charge in [-0.25, -0.2) is 0 Å². The van der Waals surface area contributed by atoms with E-state index < -0.39 is 0 Å². The normalized spacial score (nSPS) is 31.2. The Labute approximate surface area is 106 Å². The van der Waals surface area contributed by atoms with E-state index >= 15 is 0 Å². The molecule has 3 nitrogen and oxygen atoms in total. The zero-order valence-corrected chi connectivity index (χ0v) is 11.5. The van der Waals surface area contributed by atoms with Crippen LogP contribution in [0.25, 0.3) is 0 Å². The molecule has 2 rings (SSSR count). The lowest BCUT2D eigenvalue weighted by Crippen LogP contribution is -2.49. The van der Waals surface area contributed by atoms with E-state index in [1.807, 2.05) is 0 Å². The molecule has 0 amide bonds. The molecule has 100 valence electrons. The van der Waals surface area contributed by atoms with Crippen molar-refractivity contribution in [2.45, 2.75) is 44.6 Å². The number of nitrogens with one attached hydrogen (secondary N) is 1. The molecule has 1 saturated carbocycles. The van der Waals surface area contributed by atoms with Gasteiger partial charge in [-0.15, -0.1) is 0 Å². The summed E-state index contributed by atoms with van der Waals surface area (Å²) < 4.78 is 5.73. The van der Waals surface area contributed by atoms with Crippen LogP contribution in [0.5, 0.6) is 0 Å². The second kappa shape index (κ2) is 6.17. The van der Waals surface area contributed by atoms with E-state index in [9.17, 15) is 0 Å². The second-order valence-corrected chi connectivity index (χ2v) is 6.04. The number of hydrogen-bond acceptors (Lipinski definition) is 3. The monoisotopic (exact) mass is 240 g/mol. The predicted octanol–water partition coefficient (Wildman–Crippen LogP) is 1.88. The van der Waals surface area contributed by atoms with E-state index in [4.69, 9.17) is 4.74 Å². The van der Waals surface area contributed by atoms with Crippen molar-refractivity contribution < 1.29 is 4.74 Å². The Kier molecular flexibility index (Phi) is 4.83. The molecule has 1 aliphatic carbocycles. The average Bonchev–Trinajstić information content (AvgIpc) is 2.84. The number of hydrogen-bond donors (Lipinski definition) is 1. The molecular formula is C14H28N2O. The SMILES string of the molecule is CNCC1(CN(C)C2CCCC2)CCCOC1. The van der Waals surface area contributed by atoms with Crippen LogP contribution in [0.1, 0.15) is 38.5 Å². The zero-order valence-electron chi connectivity index (χ0n) is 11.5. The molecule has 0 aromatic carbocycles. The van der Waals surface area contributed by atoms with Gasteiger partial charge in [0.2, 0.25) is 0 Å². The standard InChI is InChI=1S/C14H28N2O/c1-15-10-14(8-5-9-17-12-14)11-16(2)13-6-3-4-7-13/h13,15H,3-12H2,1-2H3.